The SMILES string of the molecule is CC(C)(C)C(S)SCN. The fourth-order valence-electron chi connectivity index (χ4n) is 0.341. The van der Waals surface area contributed by atoms with Crippen LogP contribution in [0.1, 0.15) is 20.8 Å². The van der Waals surface area contributed by atoms with Crippen LogP contribution in [0, 0.1) is 5.41 Å². The molecule has 0 aromatic carbocycles. The lowest BCUT2D eigenvalue weighted by Gasteiger charge is -2.24. The molecule has 0 bridgehead atoms. The van der Waals surface area contributed by atoms with E-state index in [4.69, 9.17) is 5.73 Å². The normalized spacial score (nSPS) is 15.7. The maximum absolute atomic E-state index is 5.34. The molecule has 0 aliphatic rings. The molecule has 1 atom stereocenters. The van der Waals surface area contributed by atoms with E-state index in [2.05, 4.69) is 33.4 Å². The quantitative estimate of drug-likeness (QED) is 0.483. The van der Waals surface area contributed by atoms with Crippen molar-refractivity contribution in [3.63, 3.8) is 0 Å². The van der Waals surface area contributed by atoms with Crippen LogP contribution in [-0.4, -0.2) is 10.5 Å². The van der Waals surface area contributed by atoms with Gasteiger partial charge in [0.15, 0.2) is 0 Å². The standard InChI is InChI=1S/C6H15NS2/c1-6(2,3)5(8)9-4-7/h5,8H,4,7H2,1-3H3. The molecular formula is C6H15NS2. The van der Waals surface area contributed by atoms with Gasteiger partial charge in [-0.05, 0) is 5.41 Å². The van der Waals surface area contributed by atoms with Gasteiger partial charge in [0.1, 0.15) is 0 Å². The molecule has 0 amide bonds. The van der Waals surface area contributed by atoms with Crippen molar-refractivity contribution in [3.05, 3.63) is 0 Å². The van der Waals surface area contributed by atoms with Gasteiger partial charge in [-0.25, -0.2) is 0 Å². The van der Waals surface area contributed by atoms with Gasteiger partial charge in [0.05, 0.1) is 4.58 Å². The summed E-state index contributed by atoms with van der Waals surface area (Å²) in [6.07, 6.45) is 0. The van der Waals surface area contributed by atoms with E-state index in [1.807, 2.05) is 0 Å². The van der Waals surface area contributed by atoms with Crippen molar-refractivity contribution in [1.82, 2.24) is 0 Å². The Morgan fingerprint density at radius 3 is 2.11 bits per heavy atom. The fourth-order valence-corrected chi connectivity index (χ4v) is 1.28. The maximum Gasteiger partial charge on any atom is 0.0533 e. The van der Waals surface area contributed by atoms with Crippen molar-refractivity contribution < 1.29 is 0 Å². The molecule has 0 radical (unpaired) electrons. The Labute approximate surface area is 67.2 Å². The van der Waals surface area contributed by atoms with E-state index < -0.39 is 0 Å². The average Bonchev–Trinajstić information content (AvgIpc) is 1.64. The van der Waals surface area contributed by atoms with Gasteiger partial charge < -0.3 is 5.73 Å². The van der Waals surface area contributed by atoms with Gasteiger partial charge in [0, 0.05) is 5.88 Å². The minimum Gasteiger partial charge on any atom is -0.322 e. The molecular weight excluding hydrogens is 150 g/mol. The summed E-state index contributed by atoms with van der Waals surface area (Å²) >= 11 is 6.05. The van der Waals surface area contributed by atoms with Crippen molar-refractivity contribution >= 4 is 24.4 Å². The lowest BCUT2D eigenvalue weighted by Crippen LogP contribution is -2.18. The number of hydrogen-bond acceptors (Lipinski definition) is 3. The molecule has 1 nitrogen and oxygen atoms in total. The molecule has 2 N–H and O–H groups in total. The Kier molecular flexibility index (Phi) is 4.01. The zero-order chi connectivity index (χ0) is 7.49. The minimum atomic E-state index is 0.257. The maximum atomic E-state index is 5.34. The fraction of sp³-hybridized carbons (Fsp3) is 1.00. The summed E-state index contributed by atoms with van der Waals surface area (Å²) in [5, 5.41) is 0. The van der Waals surface area contributed by atoms with Gasteiger partial charge in [0.25, 0.3) is 0 Å². The molecule has 0 spiro atoms. The Balaban J connectivity index is 3.59. The zero-order valence-electron chi connectivity index (χ0n) is 6.22. The second-order valence-corrected chi connectivity index (χ2v) is 5.06. The smallest absolute Gasteiger partial charge is 0.0533 e. The van der Waals surface area contributed by atoms with Crippen molar-refractivity contribution in [2.45, 2.75) is 25.4 Å². The minimum absolute atomic E-state index is 0.257. The van der Waals surface area contributed by atoms with Gasteiger partial charge in [-0.1, -0.05) is 20.8 Å². The van der Waals surface area contributed by atoms with Gasteiger partial charge in [0.2, 0.25) is 0 Å². The molecule has 0 aromatic heterocycles. The molecule has 0 rings (SSSR count). The molecule has 56 valence electrons. The highest BCUT2D eigenvalue weighted by atomic mass is 32.2. The molecule has 1 unspecified atom stereocenters. The molecule has 0 aliphatic heterocycles. The van der Waals surface area contributed by atoms with Crippen molar-refractivity contribution in [1.29, 1.82) is 0 Å². The lowest BCUT2D eigenvalue weighted by molar-refractivity contribution is 0.461. The summed E-state index contributed by atoms with van der Waals surface area (Å²) in [5.41, 5.74) is 5.60. The summed E-state index contributed by atoms with van der Waals surface area (Å²) < 4.78 is 0.350. The predicted octanol–water partition coefficient (Wildman–Crippen LogP) is 1.94. The van der Waals surface area contributed by atoms with E-state index in [-0.39, 0.29) is 5.41 Å². The van der Waals surface area contributed by atoms with E-state index in [9.17, 15) is 0 Å². The Hall–Kier alpha value is 0.660. The summed E-state index contributed by atoms with van der Waals surface area (Å²) in [5.74, 6) is 0.658. The van der Waals surface area contributed by atoms with Crippen LogP contribution in [0.3, 0.4) is 0 Å². The molecule has 0 aromatic rings. The lowest BCUT2D eigenvalue weighted by atomic mass is 10.0. The number of thiol groups is 1. The second-order valence-electron chi connectivity index (χ2n) is 3.05. The second kappa shape index (κ2) is 3.74. The molecule has 9 heavy (non-hydrogen) atoms. The highest BCUT2D eigenvalue weighted by Gasteiger charge is 2.20. The molecule has 0 heterocycles. The number of thioether (sulfide) groups is 1. The van der Waals surface area contributed by atoms with Gasteiger partial charge in [-0.3, -0.25) is 0 Å². The molecule has 0 saturated heterocycles. The Bertz CT molecular complexity index is 77.6. The average molecular weight is 165 g/mol. The number of hydrogen-bond donors (Lipinski definition) is 2. The number of nitrogens with two attached hydrogens (primary N) is 1. The van der Waals surface area contributed by atoms with Crippen LogP contribution in [0.2, 0.25) is 0 Å². The van der Waals surface area contributed by atoms with E-state index in [0.29, 0.717) is 10.5 Å². The van der Waals surface area contributed by atoms with Crippen LogP contribution in [0.25, 0.3) is 0 Å². The first-order valence-electron chi connectivity index (χ1n) is 2.98. The van der Waals surface area contributed by atoms with Crippen LogP contribution in [-0.2, 0) is 0 Å². The summed E-state index contributed by atoms with van der Waals surface area (Å²) in [4.78, 5) is 0. The van der Waals surface area contributed by atoms with Crippen molar-refractivity contribution in [2.24, 2.45) is 11.1 Å². The first kappa shape index (κ1) is 9.66. The topological polar surface area (TPSA) is 26.0 Å². The first-order chi connectivity index (χ1) is 3.98. The van der Waals surface area contributed by atoms with Crippen LogP contribution in [0.5, 0.6) is 0 Å². The van der Waals surface area contributed by atoms with E-state index >= 15 is 0 Å². The van der Waals surface area contributed by atoms with Crippen LogP contribution in [0.4, 0.5) is 0 Å². The van der Waals surface area contributed by atoms with Gasteiger partial charge >= 0.3 is 0 Å². The highest BCUT2D eigenvalue weighted by molar-refractivity contribution is 8.10. The molecule has 0 saturated carbocycles. The summed E-state index contributed by atoms with van der Waals surface area (Å²) in [6, 6.07) is 0. The molecule has 0 aliphatic carbocycles. The van der Waals surface area contributed by atoms with Crippen LogP contribution < -0.4 is 5.73 Å². The molecule has 0 fully saturated rings. The predicted molar refractivity (Wildman–Crippen MR) is 48.9 cm³/mol. The van der Waals surface area contributed by atoms with Crippen molar-refractivity contribution in [3.8, 4) is 0 Å². The van der Waals surface area contributed by atoms with E-state index in [1.165, 1.54) is 0 Å². The Morgan fingerprint density at radius 2 is 2.00 bits per heavy atom. The van der Waals surface area contributed by atoms with Gasteiger partial charge in [-0.15, -0.1) is 11.8 Å². The molecule has 3 heteroatoms. The van der Waals surface area contributed by atoms with Gasteiger partial charge in [-0.2, -0.15) is 12.6 Å². The van der Waals surface area contributed by atoms with Crippen molar-refractivity contribution in [2.75, 3.05) is 5.88 Å². The largest absolute Gasteiger partial charge is 0.322 e. The third-order valence-corrected chi connectivity index (χ3v) is 3.43. The summed E-state index contributed by atoms with van der Waals surface area (Å²) in [7, 11) is 0. The third kappa shape index (κ3) is 4.12. The summed E-state index contributed by atoms with van der Waals surface area (Å²) in [6.45, 7) is 6.48. The first-order valence-corrected chi connectivity index (χ1v) is 4.54. The highest BCUT2D eigenvalue weighted by Crippen LogP contribution is 2.31. The van der Waals surface area contributed by atoms with Crippen LogP contribution in [0.15, 0.2) is 0 Å². The third-order valence-electron chi connectivity index (χ3n) is 0.995. The Morgan fingerprint density at radius 1 is 1.56 bits per heavy atom. The monoisotopic (exact) mass is 165 g/mol. The van der Waals surface area contributed by atoms with Crippen LogP contribution >= 0.6 is 24.4 Å². The van der Waals surface area contributed by atoms with E-state index in [1.54, 1.807) is 11.8 Å². The van der Waals surface area contributed by atoms with E-state index in [0.717, 1.165) is 0 Å². The zero-order valence-corrected chi connectivity index (χ0v) is 7.93. The number of rotatable bonds is 2.